The molecule has 1 aliphatic rings. The summed E-state index contributed by atoms with van der Waals surface area (Å²) in [5.41, 5.74) is 3.50. The molecule has 7 heteroatoms. The first-order valence-electron chi connectivity index (χ1n) is 9.63. The van der Waals surface area contributed by atoms with E-state index in [0.29, 0.717) is 30.8 Å². The van der Waals surface area contributed by atoms with Crippen molar-refractivity contribution >= 4 is 5.91 Å². The number of nitriles is 1. The van der Waals surface area contributed by atoms with Crippen LogP contribution in [0.15, 0.2) is 61.3 Å². The topological polar surface area (TPSA) is 86.8 Å². The number of likely N-dealkylation sites (tertiary alicyclic amines) is 1. The van der Waals surface area contributed by atoms with Gasteiger partial charge in [-0.25, -0.2) is 4.98 Å². The van der Waals surface area contributed by atoms with E-state index in [1.807, 2.05) is 41.7 Å². The lowest BCUT2D eigenvalue weighted by atomic mass is 10.1. The minimum absolute atomic E-state index is 0.0354. The molecule has 1 atom stereocenters. The molecule has 3 aromatic rings. The molecule has 3 heterocycles. The van der Waals surface area contributed by atoms with Crippen LogP contribution in [0.5, 0.6) is 0 Å². The van der Waals surface area contributed by atoms with Crippen molar-refractivity contribution in [2.24, 2.45) is 0 Å². The van der Waals surface area contributed by atoms with Crippen LogP contribution in [-0.2, 0) is 13.1 Å². The van der Waals surface area contributed by atoms with Crippen molar-refractivity contribution < 1.29 is 4.79 Å². The molecule has 0 saturated carbocycles. The standard InChI is InChI=1S/C22H22N6O/c23-10-17-3-5-18(6-4-17)14-28-16-25-12-21(28)13-26-20-7-9-27(15-20)22(29)19-2-1-8-24-11-19/h1-6,8,11-12,16,20,26H,7,9,13-15H2/t20-/m0/s1. The zero-order valence-electron chi connectivity index (χ0n) is 16.0. The van der Waals surface area contributed by atoms with E-state index in [1.165, 1.54) is 0 Å². The van der Waals surface area contributed by atoms with E-state index >= 15 is 0 Å². The van der Waals surface area contributed by atoms with E-state index < -0.39 is 0 Å². The summed E-state index contributed by atoms with van der Waals surface area (Å²) in [7, 11) is 0. The molecule has 1 amide bonds. The van der Waals surface area contributed by atoms with Gasteiger partial charge in [-0.3, -0.25) is 9.78 Å². The van der Waals surface area contributed by atoms with E-state index in [0.717, 1.165) is 24.2 Å². The third-order valence-corrected chi connectivity index (χ3v) is 5.19. The average molecular weight is 386 g/mol. The zero-order valence-corrected chi connectivity index (χ0v) is 16.0. The molecular formula is C22H22N6O. The van der Waals surface area contributed by atoms with Gasteiger partial charge >= 0.3 is 0 Å². The van der Waals surface area contributed by atoms with Crippen LogP contribution < -0.4 is 5.32 Å². The second-order valence-corrected chi connectivity index (χ2v) is 7.18. The summed E-state index contributed by atoms with van der Waals surface area (Å²) in [6.07, 6.45) is 7.90. The molecule has 1 saturated heterocycles. The third-order valence-electron chi connectivity index (χ3n) is 5.19. The van der Waals surface area contributed by atoms with Crippen molar-refractivity contribution in [1.29, 1.82) is 5.26 Å². The number of benzene rings is 1. The smallest absolute Gasteiger partial charge is 0.255 e. The van der Waals surface area contributed by atoms with Crippen LogP contribution in [0.1, 0.15) is 33.6 Å². The fourth-order valence-corrected chi connectivity index (χ4v) is 3.55. The van der Waals surface area contributed by atoms with Gasteiger partial charge in [-0.05, 0) is 36.2 Å². The lowest BCUT2D eigenvalue weighted by Crippen LogP contribution is -2.35. The summed E-state index contributed by atoms with van der Waals surface area (Å²) in [4.78, 5) is 22.7. The van der Waals surface area contributed by atoms with Crippen LogP contribution >= 0.6 is 0 Å². The van der Waals surface area contributed by atoms with Crippen molar-refractivity contribution in [1.82, 2.24) is 24.8 Å². The number of amides is 1. The van der Waals surface area contributed by atoms with E-state index in [4.69, 9.17) is 5.26 Å². The van der Waals surface area contributed by atoms with Crippen LogP contribution in [0.4, 0.5) is 0 Å². The molecule has 1 aliphatic heterocycles. The van der Waals surface area contributed by atoms with Crippen LogP contribution in [0.25, 0.3) is 0 Å². The molecule has 2 aromatic heterocycles. The summed E-state index contributed by atoms with van der Waals surface area (Å²) in [6, 6.07) is 13.6. The van der Waals surface area contributed by atoms with Crippen LogP contribution in [0.2, 0.25) is 0 Å². The molecule has 0 spiro atoms. The van der Waals surface area contributed by atoms with Gasteiger partial charge in [-0.15, -0.1) is 0 Å². The quantitative estimate of drug-likeness (QED) is 0.702. The van der Waals surface area contributed by atoms with E-state index in [9.17, 15) is 4.79 Å². The SMILES string of the molecule is N#Cc1ccc(Cn2cncc2CN[C@H]2CCN(C(=O)c3cccnc3)C2)cc1. The number of carbonyl (C=O) groups is 1. The van der Waals surface area contributed by atoms with Crippen molar-refractivity contribution in [2.45, 2.75) is 25.6 Å². The Morgan fingerprint density at radius 3 is 2.83 bits per heavy atom. The minimum atomic E-state index is 0.0354. The third kappa shape index (κ3) is 4.50. The van der Waals surface area contributed by atoms with Gasteiger partial charge < -0.3 is 14.8 Å². The number of nitrogens with one attached hydrogen (secondary N) is 1. The summed E-state index contributed by atoms with van der Waals surface area (Å²) >= 11 is 0. The van der Waals surface area contributed by atoms with Gasteiger partial charge in [-0.1, -0.05) is 12.1 Å². The maximum Gasteiger partial charge on any atom is 0.255 e. The largest absolute Gasteiger partial charge is 0.337 e. The number of rotatable bonds is 6. The van der Waals surface area contributed by atoms with Gasteiger partial charge in [0.05, 0.1) is 29.2 Å². The number of nitrogens with zero attached hydrogens (tertiary/aromatic N) is 5. The number of aromatic nitrogens is 3. The molecule has 29 heavy (non-hydrogen) atoms. The highest BCUT2D eigenvalue weighted by Gasteiger charge is 2.26. The van der Waals surface area contributed by atoms with Gasteiger partial charge in [-0.2, -0.15) is 5.26 Å². The highest BCUT2D eigenvalue weighted by Crippen LogP contribution is 2.14. The summed E-state index contributed by atoms with van der Waals surface area (Å²) in [6.45, 7) is 2.84. The molecule has 4 rings (SSSR count). The van der Waals surface area contributed by atoms with Gasteiger partial charge in [0.1, 0.15) is 0 Å². The van der Waals surface area contributed by atoms with E-state index in [2.05, 4.69) is 25.9 Å². The molecule has 146 valence electrons. The number of hydrogen-bond donors (Lipinski definition) is 1. The van der Waals surface area contributed by atoms with Crippen molar-refractivity contribution in [3.05, 3.63) is 83.7 Å². The maximum atomic E-state index is 12.6. The molecule has 0 bridgehead atoms. The molecule has 0 unspecified atom stereocenters. The Hall–Kier alpha value is -3.50. The Morgan fingerprint density at radius 2 is 2.07 bits per heavy atom. The molecule has 1 fully saturated rings. The van der Waals surface area contributed by atoms with Crippen molar-refractivity contribution in [3.8, 4) is 6.07 Å². The summed E-state index contributed by atoms with van der Waals surface area (Å²) < 4.78 is 2.10. The van der Waals surface area contributed by atoms with Crippen LogP contribution in [0.3, 0.4) is 0 Å². The highest BCUT2D eigenvalue weighted by molar-refractivity contribution is 5.94. The number of imidazole rings is 1. The van der Waals surface area contributed by atoms with Gasteiger partial charge in [0, 0.05) is 50.8 Å². The maximum absolute atomic E-state index is 12.6. The Bertz CT molecular complexity index is 1010. The van der Waals surface area contributed by atoms with Gasteiger partial charge in [0.15, 0.2) is 0 Å². The predicted octanol–water partition coefficient (Wildman–Crippen LogP) is 2.20. The molecule has 7 nitrogen and oxygen atoms in total. The molecule has 1 aromatic carbocycles. The first-order valence-corrected chi connectivity index (χ1v) is 9.63. The van der Waals surface area contributed by atoms with E-state index in [1.54, 1.807) is 24.5 Å². The molecular weight excluding hydrogens is 364 g/mol. The van der Waals surface area contributed by atoms with Crippen molar-refractivity contribution in [2.75, 3.05) is 13.1 Å². The minimum Gasteiger partial charge on any atom is -0.337 e. The molecule has 1 N–H and O–H groups in total. The second-order valence-electron chi connectivity index (χ2n) is 7.18. The van der Waals surface area contributed by atoms with Crippen molar-refractivity contribution in [3.63, 3.8) is 0 Å². The zero-order chi connectivity index (χ0) is 20.1. The van der Waals surface area contributed by atoms with E-state index in [-0.39, 0.29) is 11.9 Å². The fourth-order valence-electron chi connectivity index (χ4n) is 3.55. The normalized spacial score (nSPS) is 16.0. The first-order chi connectivity index (χ1) is 14.2. The number of pyridine rings is 1. The number of hydrogen-bond acceptors (Lipinski definition) is 5. The van der Waals surface area contributed by atoms with Crippen LogP contribution in [0, 0.1) is 11.3 Å². The van der Waals surface area contributed by atoms with Gasteiger partial charge in [0.25, 0.3) is 5.91 Å². The Morgan fingerprint density at radius 1 is 1.21 bits per heavy atom. The summed E-state index contributed by atoms with van der Waals surface area (Å²) in [5, 5.41) is 12.5. The fraction of sp³-hybridized carbons (Fsp3) is 0.273. The average Bonchev–Trinajstić information content (AvgIpc) is 3.42. The Labute approximate surface area is 169 Å². The molecule has 0 aliphatic carbocycles. The van der Waals surface area contributed by atoms with Crippen LogP contribution in [-0.4, -0.2) is 44.5 Å². The predicted molar refractivity (Wildman–Crippen MR) is 108 cm³/mol. The second kappa shape index (κ2) is 8.67. The lowest BCUT2D eigenvalue weighted by Gasteiger charge is -2.17. The number of carbonyl (C=O) groups excluding carboxylic acids is 1. The first kappa shape index (κ1) is 18.8. The van der Waals surface area contributed by atoms with Gasteiger partial charge in [0.2, 0.25) is 0 Å². The molecule has 0 radical (unpaired) electrons. The Balaban J connectivity index is 1.32. The monoisotopic (exact) mass is 386 g/mol. The summed E-state index contributed by atoms with van der Waals surface area (Å²) in [5.74, 6) is 0.0354. The lowest BCUT2D eigenvalue weighted by molar-refractivity contribution is 0.0789. The highest BCUT2D eigenvalue weighted by atomic mass is 16.2. The Kier molecular flexibility index (Phi) is 5.63.